The molecular formula is C13H17ClO3S. The number of benzene rings is 1. The van der Waals surface area contributed by atoms with E-state index in [-0.39, 0.29) is 17.6 Å². The average molecular weight is 289 g/mol. The first kappa shape index (κ1) is 15.2. The van der Waals surface area contributed by atoms with Gasteiger partial charge in [-0.05, 0) is 24.1 Å². The molecule has 2 unspecified atom stereocenters. The molecule has 2 atom stereocenters. The van der Waals surface area contributed by atoms with E-state index in [1.54, 1.807) is 6.92 Å². The van der Waals surface area contributed by atoms with E-state index in [1.165, 1.54) is 7.11 Å². The third kappa shape index (κ3) is 4.42. The van der Waals surface area contributed by atoms with Gasteiger partial charge in [-0.1, -0.05) is 30.7 Å². The lowest BCUT2D eigenvalue weighted by molar-refractivity contribution is -0.140. The van der Waals surface area contributed by atoms with Crippen molar-refractivity contribution in [2.24, 2.45) is 0 Å². The van der Waals surface area contributed by atoms with E-state index in [0.717, 1.165) is 11.1 Å². The topological polar surface area (TPSA) is 43.4 Å². The normalized spacial score (nSPS) is 14.0. The first-order valence-corrected chi connectivity index (χ1v) is 7.39. The number of aryl methyl sites for hydroxylation is 1. The maximum Gasteiger partial charge on any atom is 0.306 e. The lowest BCUT2D eigenvalue weighted by Crippen LogP contribution is -2.18. The molecule has 1 aromatic carbocycles. The molecule has 1 rings (SSSR count). The molecule has 0 fully saturated rings. The summed E-state index contributed by atoms with van der Waals surface area (Å²) in [5.41, 5.74) is 1.91. The summed E-state index contributed by atoms with van der Waals surface area (Å²) in [6.07, 6.45) is 0.159. The van der Waals surface area contributed by atoms with E-state index in [0.29, 0.717) is 10.8 Å². The average Bonchev–Trinajstić information content (AvgIpc) is 2.32. The summed E-state index contributed by atoms with van der Waals surface area (Å²) >= 11 is 6.09. The Balaban J connectivity index is 2.66. The van der Waals surface area contributed by atoms with Crippen LogP contribution in [0, 0.1) is 6.92 Å². The van der Waals surface area contributed by atoms with Crippen molar-refractivity contribution in [2.45, 2.75) is 31.3 Å². The Labute approximate surface area is 115 Å². The van der Waals surface area contributed by atoms with Crippen LogP contribution < -0.4 is 0 Å². The third-order valence-corrected chi connectivity index (χ3v) is 4.65. The molecule has 0 heterocycles. The SMILES string of the molecule is COC(=O)CC(C)S(=O)Cc1ccc(C)cc1Cl. The van der Waals surface area contributed by atoms with Gasteiger partial charge in [-0.2, -0.15) is 0 Å². The predicted molar refractivity (Wildman–Crippen MR) is 74.1 cm³/mol. The molecule has 0 radical (unpaired) electrons. The zero-order chi connectivity index (χ0) is 13.7. The Bertz CT molecular complexity index is 460. The summed E-state index contributed by atoms with van der Waals surface area (Å²) in [5.74, 6) is 0.0166. The molecule has 18 heavy (non-hydrogen) atoms. The molecule has 0 aliphatic rings. The first-order chi connectivity index (χ1) is 8.43. The number of hydrogen-bond acceptors (Lipinski definition) is 3. The van der Waals surface area contributed by atoms with Crippen molar-refractivity contribution in [3.63, 3.8) is 0 Å². The molecule has 0 saturated carbocycles. The van der Waals surface area contributed by atoms with Crippen LogP contribution in [-0.2, 0) is 26.1 Å². The maximum absolute atomic E-state index is 12.0. The van der Waals surface area contributed by atoms with Crippen molar-refractivity contribution >= 4 is 28.4 Å². The minimum atomic E-state index is -1.14. The van der Waals surface area contributed by atoms with Crippen LogP contribution in [0.2, 0.25) is 5.02 Å². The van der Waals surface area contributed by atoms with Crippen molar-refractivity contribution in [3.05, 3.63) is 34.3 Å². The smallest absolute Gasteiger partial charge is 0.306 e. The third-order valence-electron chi connectivity index (χ3n) is 2.64. The van der Waals surface area contributed by atoms with Crippen LogP contribution in [0.25, 0.3) is 0 Å². The van der Waals surface area contributed by atoms with Crippen molar-refractivity contribution < 1.29 is 13.7 Å². The fraction of sp³-hybridized carbons (Fsp3) is 0.462. The summed E-state index contributed by atoms with van der Waals surface area (Å²) < 4.78 is 16.6. The second-order valence-electron chi connectivity index (χ2n) is 4.21. The second kappa shape index (κ2) is 6.90. The fourth-order valence-electron chi connectivity index (χ4n) is 1.48. The van der Waals surface area contributed by atoms with Crippen molar-refractivity contribution in [1.29, 1.82) is 0 Å². The lowest BCUT2D eigenvalue weighted by atomic mass is 10.2. The number of carbonyl (C=O) groups is 1. The number of rotatable bonds is 5. The van der Waals surface area contributed by atoms with Crippen LogP contribution in [-0.4, -0.2) is 22.5 Å². The van der Waals surface area contributed by atoms with Crippen LogP contribution in [0.5, 0.6) is 0 Å². The Morgan fingerprint density at radius 3 is 2.72 bits per heavy atom. The van der Waals surface area contributed by atoms with Gasteiger partial charge in [0.15, 0.2) is 0 Å². The number of esters is 1. The highest BCUT2D eigenvalue weighted by Crippen LogP contribution is 2.20. The van der Waals surface area contributed by atoms with Gasteiger partial charge >= 0.3 is 5.97 Å². The van der Waals surface area contributed by atoms with Crippen molar-refractivity contribution in [2.75, 3.05) is 7.11 Å². The molecule has 1 aromatic rings. The predicted octanol–water partition coefficient (Wildman–Crippen LogP) is 2.85. The van der Waals surface area contributed by atoms with Gasteiger partial charge in [-0.3, -0.25) is 9.00 Å². The number of halogens is 1. The maximum atomic E-state index is 12.0. The summed E-state index contributed by atoms with van der Waals surface area (Å²) in [7, 11) is 0.188. The highest BCUT2D eigenvalue weighted by molar-refractivity contribution is 7.84. The minimum absolute atomic E-state index is 0.159. The molecule has 0 spiro atoms. The van der Waals surface area contributed by atoms with Gasteiger partial charge in [-0.15, -0.1) is 0 Å². The van der Waals surface area contributed by atoms with E-state index in [9.17, 15) is 9.00 Å². The van der Waals surface area contributed by atoms with Gasteiger partial charge in [-0.25, -0.2) is 0 Å². The van der Waals surface area contributed by atoms with Gasteiger partial charge < -0.3 is 4.74 Å². The fourth-order valence-corrected chi connectivity index (χ4v) is 3.02. The van der Waals surface area contributed by atoms with Crippen LogP contribution in [0.3, 0.4) is 0 Å². The van der Waals surface area contributed by atoms with Gasteiger partial charge in [0, 0.05) is 21.1 Å². The van der Waals surface area contributed by atoms with Gasteiger partial charge in [0.25, 0.3) is 0 Å². The molecular weight excluding hydrogens is 272 g/mol. The summed E-state index contributed by atoms with van der Waals surface area (Å²) in [6, 6.07) is 5.66. The molecule has 0 N–H and O–H groups in total. The van der Waals surface area contributed by atoms with Crippen molar-refractivity contribution in [3.8, 4) is 0 Å². The van der Waals surface area contributed by atoms with Crippen molar-refractivity contribution in [1.82, 2.24) is 0 Å². The van der Waals surface area contributed by atoms with Crippen LogP contribution in [0.15, 0.2) is 18.2 Å². The number of carbonyl (C=O) groups excluding carboxylic acids is 1. The molecule has 0 aliphatic carbocycles. The Hall–Kier alpha value is -0.870. The largest absolute Gasteiger partial charge is 0.469 e. The Morgan fingerprint density at radius 2 is 2.17 bits per heavy atom. The van der Waals surface area contributed by atoms with Crippen LogP contribution >= 0.6 is 11.6 Å². The number of ether oxygens (including phenoxy) is 1. The molecule has 5 heteroatoms. The molecule has 0 amide bonds. The van der Waals surface area contributed by atoms with E-state index in [1.807, 2.05) is 25.1 Å². The second-order valence-corrected chi connectivity index (χ2v) is 6.47. The lowest BCUT2D eigenvalue weighted by Gasteiger charge is -2.11. The molecule has 3 nitrogen and oxygen atoms in total. The van der Waals surface area contributed by atoms with Crippen LogP contribution in [0.4, 0.5) is 0 Å². The standard InChI is InChI=1S/C13H17ClO3S/c1-9-4-5-11(12(14)6-9)8-18(16)10(2)7-13(15)17-3/h4-6,10H,7-8H2,1-3H3. The summed E-state index contributed by atoms with van der Waals surface area (Å²) in [5, 5.41) is 0.378. The minimum Gasteiger partial charge on any atom is -0.469 e. The monoisotopic (exact) mass is 288 g/mol. The molecule has 0 bridgehead atoms. The number of hydrogen-bond donors (Lipinski definition) is 0. The highest BCUT2D eigenvalue weighted by Gasteiger charge is 2.17. The van der Waals surface area contributed by atoms with Crippen LogP contribution in [0.1, 0.15) is 24.5 Å². The van der Waals surface area contributed by atoms with E-state index < -0.39 is 10.8 Å². The van der Waals surface area contributed by atoms with E-state index >= 15 is 0 Å². The quantitative estimate of drug-likeness (QED) is 0.783. The van der Waals surface area contributed by atoms with Gasteiger partial charge in [0.2, 0.25) is 0 Å². The Kier molecular flexibility index (Phi) is 5.82. The highest BCUT2D eigenvalue weighted by atomic mass is 35.5. The zero-order valence-corrected chi connectivity index (χ0v) is 12.3. The molecule has 0 aliphatic heterocycles. The van der Waals surface area contributed by atoms with E-state index in [2.05, 4.69) is 4.74 Å². The summed E-state index contributed by atoms with van der Waals surface area (Å²) in [4.78, 5) is 11.1. The van der Waals surface area contributed by atoms with Gasteiger partial charge in [0.1, 0.15) is 0 Å². The Morgan fingerprint density at radius 1 is 1.50 bits per heavy atom. The first-order valence-electron chi connectivity index (χ1n) is 5.63. The number of methoxy groups -OCH3 is 1. The van der Waals surface area contributed by atoms with E-state index in [4.69, 9.17) is 11.6 Å². The zero-order valence-electron chi connectivity index (χ0n) is 10.7. The molecule has 100 valence electrons. The molecule has 0 aromatic heterocycles. The molecule has 0 saturated heterocycles. The summed E-state index contributed by atoms with van der Waals surface area (Å²) in [6.45, 7) is 3.72. The van der Waals surface area contributed by atoms with Gasteiger partial charge in [0.05, 0.1) is 19.3 Å².